The van der Waals surface area contributed by atoms with Gasteiger partial charge in [-0.05, 0) is 82.4 Å². The minimum absolute atomic E-state index is 0.00547. The number of hydrogen-bond donors (Lipinski definition) is 0. The number of rotatable bonds is 22. The minimum atomic E-state index is -4.71. The molecule has 1 unspecified atom stereocenters. The molecule has 0 saturated heterocycles. The fourth-order valence-electron chi connectivity index (χ4n) is 4.45. The smallest absolute Gasteiger partial charge is 0.416 e. The zero-order valence-corrected chi connectivity index (χ0v) is 28.3. The van der Waals surface area contributed by atoms with E-state index in [1.807, 2.05) is 26.0 Å². The van der Waals surface area contributed by atoms with Crippen LogP contribution >= 0.6 is 0 Å². The van der Waals surface area contributed by atoms with Crippen molar-refractivity contribution in [1.82, 2.24) is 0 Å². The molecule has 5 nitrogen and oxygen atoms in total. The summed E-state index contributed by atoms with van der Waals surface area (Å²) in [5.41, 5.74) is -1.36. The summed E-state index contributed by atoms with van der Waals surface area (Å²) in [6.45, 7) is 7.42. The van der Waals surface area contributed by atoms with Gasteiger partial charge in [-0.25, -0.2) is 4.79 Å². The first kappa shape index (κ1) is 41.1. The predicted molar refractivity (Wildman–Crippen MR) is 183 cm³/mol. The van der Waals surface area contributed by atoms with Gasteiger partial charge in [-0.1, -0.05) is 93.7 Å². The van der Waals surface area contributed by atoms with Crippen molar-refractivity contribution in [3.05, 3.63) is 102 Å². The van der Waals surface area contributed by atoms with Crippen LogP contribution in [0, 0.1) is 11.8 Å². The Morgan fingerprint density at radius 3 is 1.74 bits per heavy atom. The normalized spacial score (nSPS) is 13.4. The van der Waals surface area contributed by atoms with Crippen molar-refractivity contribution in [2.24, 2.45) is 11.8 Å². The van der Waals surface area contributed by atoms with Gasteiger partial charge in [-0.15, -0.1) is 0 Å². The highest BCUT2D eigenvalue weighted by Crippen LogP contribution is 2.34. The van der Waals surface area contributed by atoms with Crippen molar-refractivity contribution in [1.29, 1.82) is 0 Å². The maximum atomic E-state index is 13.3. The molecule has 0 N–H and O–H groups in total. The van der Waals surface area contributed by atoms with Crippen LogP contribution in [-0.4, -0.2) is 24.3 Å². The second-order valence-corrected chi connectivity index (χ2v) is 11.4. The molecular weight excluding hydrogens is 605 g/mol. The molecule has 8 heteroatoms. The summed E-state index contributed by atoms with van der Waals surface area (Å²) < 4.78 is 50.2. The third-order valence-electron chi connectivity index (χ3n) is 6.76. The quantitative estimate of drug-likeness (QED) is 0.0706. The van der Waals surface area contributed by atoms with E-state index in [1.54, 1.807) is 6.92 Å². The molecule has 0 aromatic heterocycles. The van der Waals surface area contributed by atoms with Crippen LogP contribution in [0.25, 0.3) is 0 Å². The third kappa shape index (κ3) is 19.4. The number of halogens is 3. The lowest BCUT2D eigenvalue weighted by Crippen LogP contribution is -2.26. The Balaban J connectivity index is 2.54. The molecule has 1 aromatic rings. The van der Waals surface area contributed by atoms with Gasteiger partial charge in [0.1, 0.15) is 17.1 Å². The number of benzene rings is 1. The molecule has 0 heterocycles. The number of ketones is 1. The number of allylic oxidation sites excluding steroid dienone is 12. The van der Waals surface area contributed by atoms with E-state index in [1.165, 1.54) is 0 Å². The monoisotopic (exact) mass is 656 g/mol. The van der Waals surface area contributed by atoms with Gasteiger partial charge in [-0.2, -0.15) is 13.2 Å². The van der Waals surface area contributed by atoms with Crippen molar-refractivity contribution in [2.45, 2.75) is 98.1 Å². The second kappa shape index (κ2) is 24.3. The van der Waals surface area contributed by atoms with E-state index in [4.69, 9.17) is 9.47 Å². The van der Waals surface area contributed by atoms with E-state index in [-0.39, 0.29) is 36.7 Å². The summed E-state index contributed by atoms with van der Waals surface area (Å²) in [4.78, 5) is 38.1. The maximum absolute atomic E-state index is 13.3. The molecule has 0 bridgehead atoms. The Bertz CT molecular complexity index is 1270. The number of carbonyl (C=O) groups is 3. The topological polar surface area (TPSA) is 69.7 Å². The Kier molecular flexibility index (Phi) is 21.2. The molecule has 1 aromatic carbocycles. The van der Waals surface area contributed by atoms with Gasteiger partial charge >= 0.3 is 18.1 Å². The van der Waals surface area contributed by atoms with Gasteiger partial charge in [0.05, 0.1) is 18.1 Å². The van der Waals surface area contributed by atoms with E-state index in [2.05, 4.69) is 67.7 Å². The van der Waals surface area contributed by atoms with E-state index >= 15 is 0 Å². The molecule has 0 aliphatic heterocycles. The molecule has 0 aliphatic carbocycles. The van der Waals surface area contributed by atoms with Gasteiger partial charge < -0.3 is 9.47 Å². The summed E-state index contributed by atoms with van der Waals surface area (Å²) in [6, 6.07) is 2.27. The molecule has 0 fully saturated rings. The minimum Gasteiger partial charge on any atom is -0.462 e. The number of Topliss-reactive ketones (excluding diaryl/α,β-unsaturated/α-hetero) is 1. The maximum Gasteiger partial charge on any atom is 0.416 e. The van der Waals surface area contributed by atoms with E-state index in [0.29, 0.717) is 18.9 Å². The van der Waals surface area contributed by atoms with Crippen LogP contribution in [0.1, 0.15) is 108 Å². The molecule has 1 rings (SSSR count). The number of hydrogen-bond acceptors (Lipinski definition) is 5. The number of carbonyl (C=O) groups excluding carboxylic acids is 3. The average Bonchev–Trinajstić information content (AvgIpc) is 3.01. The van der Waals surface area contributed by atoms with Crippen molar-refractivity contribution >= 4 is 17.7 Å². The van der Waals surface area contributed by atoms with E-state index in [9.17, 15) is 27.6 Å². The van der Waals surface area contributed by atoms with Crippen LogP contribution in [0.3, 0.4) is 0 Å². The number of ether oxygens (including phenoxy) is 2. The van der Waals surface area contributed by atoms with Gasteiger partial charge in [0.2, 0.25) is 0 Å². The highest BCUT2D eigenvalue weighted by Gasteiger charge is 2.33. The van der Waals surface area contributed by atoms with Crippen LogP contribution < -0.4 is 4.74 Å². The molecule has 0 amide bonds. The summed E-state index contributed by atoms with van der Waals surface area (Å²) in [5, 5.41) is 0. The average molecular weight is 657 g/mol. The zero-order valence-electron chi connectivity index (χ0n) is 28.3. The first-order valence-corrected chi connectivity index (χ1v) is 16.5. The SMILES string of the molecule is CC/C=C\C/C=C\C/C=C\C/C=C\C/C=C\C/C=C\CCC(=O)CC(CC(C)C)C(=O)Oc1cc(C(F)(F)F)ccc1C(=O)OCC. The molecule has 0 aliphatic rings. The first-order valence-electron chi connectivity index (χ1n) is 16.5. The number of alkyl halides is 3. The van der Waals surface area contributed by atoms with Crippen LogP contribution in [0.2, 0.25) is 0 Å². The zero-order chi connectivity index (χ0) is 34.9. The van der Waals surface area contributed by atoms with Crippen molar-refractivity contribution in [3.8, 4) is 5.75 Å². The Morgan fingerprint density at radius 1 is 0.766 bits per heavy atom. The van der Waals surface area contributed by atoms with Gasteiger partial charge in [0.15, 0.2) is 0 Å². The third-order valence-corrected chi connectivity index (χ3v) is 6.76. The van der Waals surface area contributed by atoms with Crippen molar-refractivity contribution in [2.75, 3.05) is 6.61 Å². The summed E-state index contributed by atoms with van der Waals surface area (Å²) >= 11 is 0. The van der Waals surface area contributed by atoms with Crippen molar-refractivity contribution in [3.63, 3.8) is 0 Å². The lowest BCUT2D eigenvalue weighted by atomic mass is 9.91. The molecule has 0 spiro atoms. The second-order valence-electron chi connectivity index (χ2n) is 11.4. The Hall–Kier alpha value is -3.94. The largest absolute Gasteiger partial charge is 0.462 e. The fourth-order valence-corrected chi connectivity index (χ4v) is 4.45. The molecule has 1 atom stereocenters. The predicted octanol–water partition coefficient (Wildman–Crippen LogP) is 10.9. The Morgan fingerprint density at radius 2 is 1.28 bits per heavy atom. The van der Waals surface area contributed by atoms with Crippen LogP contribution in [0.5, 0.6) is 5.75 Å². The molecule has 47 heavy (non-hydrogen) atoms. The van der Waals surface area contributed by atoms with E-state index in [0.717, 1.165) is 50.7 Å². The molecule has 258 valence electrons. The molecular formula is C39H51F3O5. The standard InChI is InChI=1S/C39H51F3O5/c1-5-7-8-9-10-11-12-13-14-15-16-17-18-19-20-21-22-23-24-25-34(43)29-32(28-31(3)4)37(44)47-36-30-33(39(40,41)42)26-27-35(36)38(45)46-6-2/h7-8,10-11,13-14,16-17,19-20,22-23,26-27,30-32H,5-6,9,12,15,18,21,24-25,28-29H2,1-4H3/b8-7-,11-10-,14-13-,17-16-,20-19-,23-22-. The van der Waals surface area contributed by atoms with Gasteiger partial charge in [0, 0.05) is 12.8 Å². The van der Waals surface area contributed by atoms with Crippen LogP contribution in [-0.2, 0) is 20.5 Å². The fraction of sp³-hybridized carbons (Fsp3) is 0.462. The van der Waals surface area contributed by atoms with E-state index < -0.39 is 35.3 Å². The lowest BCUT2D eigenvalue weighted by molar-refractivity contribution is -0.142. The summed E-state index contributed by atoms with van der Waals surface area (Å²) in [7, 11) is 0. The van der Waals surface area contributed by atoms with Crippen LogP contribution in [0.15, 0.2) is 91.1 Å². The molecule has 0 radical (unpaired) electrons. The van der Waals surface area contributed by atoms with Crippen molar-refractivity contribution < 1.29 is 37.0 Å². The highest BCUT2D eigenvalue weighted by atomic mass is 19.4. The summed E-state index contributed by atoms with van der Waals surface area (Å²) in [6.07, 6.45) is 27.0. The highest BCUT2D eigenvalue weighted by molar-refractivity contribution is 5.94. The first-order chi connectivity index (χ1) is 22.5. The van der Waals surface area contributed by atoms with Crippen LogP contribution in [0.4, 0.5) is 13.2 Å². The van der Waals surface area contributed by atoms with Gasteiger partial charge in [-0.3, -0.25) is 9.59 Å². The Labute approximate surface area is 279 Å². The lowest BCUT2D eigenvalue weighted by Gasteiger charge is -2.19. The van der Waals surface area contributed by atoms with Gasteiger partial charge in [0.25, 0.3) is 0 Å². The number of esters is 2. The summed E-state index contributed by atoms with van der Waals surface area (Å²) in [5.74, 6) is -3.29. The molecule has 0 saturated carbocycles.